The monoisotopic (exact) mass is 174 g/mol. The molecule has 0 rings (SSSR count). The van der Waals surface area contributed by atoms with Gasteiger partial charge in [0.2, 0.25) is 0 Å². The van der Waals surface area contributed by atoms with Gasteiger partial charge in [-0.05, 0) is 13.8 Å². The van der Waals surface area contributed by atoms with E-state index in [4.69, 9.17) is 5.11 Å². The van der Waals surface area contributed by atoms with Crippen molar-refractivity contribution in [1.82, 2.24) is 10.6 Å². The second-order valence-electron chi connectivity index (χ2n) is 2.42. The SMILES string of the molecule is CCNC(=O)C(=O)NCC(C)O. The van der Waals surface area contributed by atoms with Crippen molar-refractivity contribution in [2.75, 3.05) is 13.1 Å². The van der Waals surface area contributed by atoms with E-state index in [0.717, 1.165) is 0 Å². The van der Waals surface area contributed by atoms with Crippen molar-refractivity contribution in [1.29, 1.82) is 0 Å². The van der Waals surface area contributed by atoms with E-state index in [9.17, 15) is 9.59 Å². The van der Waals surface area contributed by atoms with Crippen LogP contribution in [0, 0.1) is 0 Å². The summed E-state index contributed by atoms with van der Waals surface area (Å²) in [6.45, 7) is 3.76. The van der Waals surface area contributed by atoms with Crippen LogP contribution in [0.25, 0.3) is 0 Å². The lowest BCUT2D eigenvalue weighted by Crippen LogP contribution is -2.42. The van der Waals surface area contributed by atoms with Gasteiger partial charge in [-0.3, -0.25) is 9.59 Å². The Balaban J connectivity index is 3.65. The highest BCUT2D eigenvalue weighted by Gasteiger charge is 2.11. The van der Waals surface area contributed by atoms with Gasteiger partial charge in [0.05, 0.1) is 6.10 Å². The zero-order valence-corrected chi connectivity index (χ0v) is 7.26. The number of rotatable bonds is 3. The highest BCUT2D eigenvalue weighted by atomic mass is 16.3. The van der Waals surface area contributed by atoms with Crippen LogP contribution in [0.3, 0.4) is 0 Å². The molecule has 0 aliphatic heterocycles. The highest BCUT2D eigenvalue weighted by Crippen LogP contribution is 1.75. The van der Waals surface area contributed by atoms with Crippen molar-refractivity contribution in [3.8, 4) is 0 Å². The van der Waals surface area contributed by atoms with Gasteiger partial charge in [-0.15, -0.1) is 0 Å². The third-order valence-electron chi connectivity index (χ3n) is 1.10. The van der Waals surface area contributed by atoms with E-state index in [-0.39, 0.29) is 6.54 Å². The summed E-state index contributed by atoms with van der Waals surface area (Å²) in [7, 11) is 0. The van der Waals surface area contributed by atoms with Gasteiger partial charge in [0.15, 0.2) is 0 Å². The first-order chi connectivity index (χ1) is 5.57. The summed E-state index contributed by atoms with van der Waals surface area (Å²) < 4.78 is 0. The molecule has 0 aromatic rings. The van der Waals surface area contributed by atoms with Gasteiger partial charge in [-0.2, -0.15) is 0 Å². The Kier molecular flexibility index (Phi) is 5.03. The second kappa shape index (κ2) is 5.54. The standard InChI is InChI=1S/C7H14N2O3/c1-3-8-6(11)7(12)9-4-5(2)10/h5,10H,3-4H2,1-2H3,(H,8,11)(H,9,12). The molecule has 70 valence electrons. The lowest BCUT2D eigenvalue weighted by Gasteiger charge is -2.05. The van der Waals surface area contributed by atoms with E-state index in [1.807, 2.05) is 0 Å². The van der Waals surface area contributed by atoms with Gasteiger partial charge in [0.1, 0.15) is 0 Å². The third-order valence-corrected chi connectivity index (χ3v) is 1.10. The normalized spacial score (nSPS) is 11.9. The Bertz CT molecular complexity index is 168. The maximum atomic E-state index is 10.8. The van der Waals surface area contributed by atoms with E-state index in [1.54, 1.807) is 6.92 Å². The molecule has 0 aliphatic carbocycles. The molecule has 0 radical (unpaired) electrons. The maximum Gasteiger partial charge on any atom is 0.309 e. The number of amides is 2. The Hall–Kier alpha value is -1.10. The summed E-state index contributed by atoms with van der Waals surface area (Å²) in [4.78, 5) is 21.6. The topological polar surface area (TPSA) is 78.4 Å². The van der Waals surface area contributed by atoms with Crippen LogP contribution in [0.5, 0.6) is 0 Å². The maximum absolute atomic E-state index is 10.8. The van der Waals surface area contributed by atoms with Gasteiger partial charge in [-0.25, -0.2) is 0 Å². The average molecular weight is 174 g/mol. The predicted octanol–water partition coefficient (Wildman–Crippen LogP) is -1.38. The quantitative estimate of drug-likeness (QED) is 0.461. The van der Waals surface area contributed by atoms with Crippen LogP contribution in [-0.4, -0.2) is 36.1 Å². The first-order valence-corrected chi connectivity index (χ1v) is 3.82. The smallest absolute Gasteiger partial charge is 0.309 e. The van der Waals surface area contributed by atoms with Gasteiger partial charge >= 0.3 is 11.8 Å². The number of carbonyl (C=O) groups excluding carboxylic acids is 2. The van der Waals surface area contributed by atoms with E-state index < -0.39 is 17.9 Å². The summed E-state index contributed by atoms with van der Waals surface area (Å²) in [5.74, 6) is -1.38. The molecule has 3 N–H and O–H groups in total. The van der Waals surface area contributed by atoms with Crippen LogP contribution in [-0.2, 0) is 9.59 Å². The molecule has 5 nitrogen and oxygen atoms in total. The minimum absolute atomic E-state index is 0.0932. The summed E-state index contributed by atoms with van der Waals surface area (Å²) in [6, 6.07) is 0. The molecule has 1 unspecified atom stereocenters. The van der Waals surface area contributed by atoms with Gasteiger partial charge in [0.25, 0.3) is 0 Å². The minimum Gasteiger partial charge on any atom is -0.392 e. The van der Waals surface area contributed by atoms with E-state index in [1.165, 1.54) is 6.92 Å². The fourth-order valence-corrected chi connectivity index (χ4v) is 0.562. The number of carbonyl (C=O) groups is 2. The second-order valence-corrected chi connectivity index (χ2v) is 2.42. The number of hydrogen-bond acceptors (Lipinski definition) is 3. The number of aliphatic hydroxyl groups is 1. The summed E-state index contributed by atoms with van der Waals surface area (Å²) >= 11 is 0. The first-order valence-electron chi connectivity index (χ1n) is 3.82. The van der Waals surface area contributed by atoms with Gasteiger partial charge in [-0.1, -0.05) is 0 Å². The molecule has 0 saturated carbocycles. The Morgan fingerprint density at radius 1 is 1.33 bits per heavy atom. The zero-order valence-electron chi connectivity index (χ0n) is 7.26. The number of hydrogen-bond donors (Lipinski definition) is 3. The Labute approximate surface area is 71.1 Å². The summed E-state index contributed by atoms with van der Waals surface area (Å²) in [6.07, 6.45) is -0.636. The largest absolute Gasteiger partial charge is 0.392 e. The fraction of sp³-hybridized carbons (Fsp3) is 0.714. The molecular formula is C7H14N2O3. The van der Waals surface area contributed by atoms with Gasteiger partial charge in [0, 0.05) is 13.1 Å². The van der Waals surface area contributed by atoms with Crippen molar-refractivity contribution in [3.63, 3.8) is 0 Å². The molecule has 0 spiro atoms. The van der Waals surface area contributed by atoms with E-state index >= 15 is 0 Å². The van der Waals surface area contributed by atoms with Crippen molar-refractivity contribution in [2.24, 2.45) is 0 Å². The minimum atomic E-state index is -0.710. The predicted molar refractivity (Wildman–Crippen MR) is 43.4 cm³/mol. The van der Waals surface area contributed by atoms with Crippen LogP contribution in [0.15, 0.2) is 0 Å². The molecule has 12 heavy (non-hydrogen) atoms. The summed E-state index contributed by atoms with van der Waals surface area (Å²) in [5.41, 5.74) is 0. The van der Waals surface area contributed by atoms with Crippen LogP contribution in [0.1, 0.15) is 13.8 Å². The molecule has 0 fully saturated rings. The molecule has 0 heterocycles. The Morgan fingerprint density at radius 2 is 1.83 bits per heavy atom. The molecule has 0 saturated heterocycles. The molecule has 0 aromatic heterocycles. The number of likely N-dealkylation sites (N-methyl/N-ethyl adjacent to an activating group) is 1. The fourth-order valence-electron chi connectivity index (χ4n) is 0.562. The van der Waals surface area contributed by atoms with Crippen LogP contribution in [0.2, 0.25) is 0 Å². The van der Waals surface area contributed by atoms with E-state index in [0.29, 0.717) is 6.54 Å². The molecule has 0 bridgehead atoms. The number of nitrogens with one attached hydrogen (secondary N) is 2. The molecule has 0 aromatic carbocycles. The molecule has 0 aliphatic rings. The van der Waals surface area contributed by atoms with Crippen molar-refractivity contribution in [2.45, 2.75) is 20.0 Å². The van der Waals surface area contributed by atoms with Crippen molar-refractivity contribution in [3.05, 3.63) is 0 Å². The lowest BCUT2D eigenvalue weighted by atomic mass is 10.4. The lowest BCUT2D eigenvalue weighted by molar-refractivity contribution is -0.139. The average Bonchev–Trinajstić information content (AvgIpc) is 2.00. The van der Waals surface area contributed by atoms with Gasteiger partial charge < -0.3 is 15.7 Å². The highest BCUT2D eigenvalue weighted by molar-refractivity contribution is 6.35. The van der Waals surface area contributed by atoms with Crippen LogP contribution >= 0.6 is 0 Å². The Morgan fingerprint density at radius 3 is 2.25 bits per heavy atom. The van der Waals surface area contributed by atoms with Crippen LogP contribution in [0.4, 0.5) is 0 Å². The number of aliphatic hydroxyl groups excluding tert-OH is 1. The van der Waals surface area contributed by atoms with E-state index in [2.05, 4.69) is 10.6 Å². The molecule has 2 amide bonds. The van der Waals surface area contributed by atoms with Crippen molar-refractivity contribution >= 4 is 11.8 Å². The molecular weight excluding hydrogens is 160 g/mol. The van der Waals surface area contributed by atoms with Crippen LogP contribution < -0.4 is 10.6 Å². The first kappa shape index (κ1) is 10.9. The van der Waals surface area contributed by atoms with Crippen molar-refractivity contribution < 1.29 is 14.7 Å². The third kappa shape index (κ3) is 4.68. The zero-order chi connectivity index (χ0) is 9.56. The molecule has 5 heteroatoms. The summed E-state index contributed by atoms with van der Waals surface area (Å²) in [5, 5.41) is 13.4. The molecule has 1 atom stereocenters.